The number of halogens is 3. The zero-order valence-electron chi connectivity index (χ0n) is 7.98. The summed E-state index contributed by atoms with van der Waals surface area (Å²) in [6.07, 6.45) is -1.04. The number of alkyl halides is 3. The first-order valence-corrected chi connectivity index (χ1v) is 6.07. The van der Waals surface area contributed by atoms with Crippen molar-refractivity contribution in [2.45, 2.75) is 25.5 Å². The number of hydrogen-bond acceptors (Lipinski definition) is 6. The molecule has 12 heteroatoms. The fourth-order valence-electron chi connectivity index (χ4n) is 0.400. The summed E-state index contributed by atoms with van der Waals surface area (Å²) in [5, 5.41) is 0. The summed E-state index contributed by atoms with van der Waals surface area (Å²) in [4.78, 5) is 0. The quantitative estimate of drug-likeness (QED) is 0.708. The van der Waals surface area contributed by atoms with Crippen molar-refractivity contribution in [3.8, 4) is 0 Å². The second-order valence-corrected chi connectivity index (χ2v) is 5.45. The number of rotatable bonds is 4. The lowest BCUT2D eigenvalue weighted by atomic mass is 10.5. The maximum atomic E-state index is 11.7. The smallest absolute Gasteiger partial charge is 0.245 e. The van der Waals surface area contributed by atoms with E-state index in [-0.39, 0.29) is 13.5 Å². The van der Waals surface area contributed by atoms with Crippen LogP contribution in [0.5, 0.6) is 0 Å². The Balaban J connectivity index is 0. The van der Waals surface area contributed by atoms with E-state index in [4.69, 9.17) is 0 Å². The van der Waals surface area contributed by atoms with Gasteiger partial charge in [-0.25, -0.2) is 4.18 Å². The minimum atomic E-state index is -6.21. The molecule has 0 aliphatic heterocycles. The van der Waals surface area contributed by atoms with Crippen LogP contribution in [0.2, 0.25) is 0 Å². The van der Waals surface area contributed by atoms with E-state index >= 15 is 0 Å². The summed E-state index contributed by atoms with van der Waals surface area (Å²) in [5.41, 5.74) is -5.82. The molecular weight excluding hydrogens is 297 g/mol. The Hall–Kier alpha value is -0.0400. The van der Waals surface area contributed by atoms with E-state index in [1.807, 2.05) is 0 Å². The van der Waals surface area contributed by atoms with Gasteiger partial charge in [0, 0.05) is 0 Å². The maximum absolute atomic E-state index is 11.7. The van der Waals surface area contributed by atoms with Gasteiger partial charge in [-0.05, 0) is 13.8 Å². The average molecular weight is 306 g/mol. The molecule has 0 aromatic heterocycles. The van der Waals surface area contributed by atoms with Crippen molar-refractivity contribution in [2.24, 2.45) is 0 Å². The minimum Gasteiger partial charge on any atom is -0.245 e. The molecule has 0 saturated carbocycles. The largest absolute Gasteiger partial charge is 0.524 e. The molecule has 0 bridgehead atoms. The molecule has 0 fully saturated rings. The molecule has 0 saturated heterocycles. The van der Waals surface area contributed by atoms with Crippen LogP contribution >= 0.6 is 13.5 Å². The van der Waals surface area contributed by atoms with Crippen LogP contribution in [0, 0.1) is 0 Å². The highest BCUT2D eigenvalue weighted by atomic mass is 32.3. The zero-order valence-corrected chi connectivity index (χ0v) is 10.6. The van der Waals surface area contributed by atoms with Crippen molar-refractivity contribution < 1.29 is 37.8 Å². The summed E-state index contributed by atoms with van der Waals surface area (Å²) < 4.78 is 83.4. The molecule has 100 valence electrons. The van der Waals surface area contributed by atoms with E-state index in [0.29, 0.717) is 0 Å². The first-order chi connectivity index (χ1) is 6.37. The third-order valence-electron chi connectivity index (χ3n) is 0.767. The molecule has 16 heavy (non-hydrogen) atoms. The van der Waals surface area contributed by atoms with Crippen LogP contribution < -0.4 is 0 Å². The Kier molecular flexibility index (Phi) is 6.34. The molecule has 0 atom stereocenters. The fourth-order valence-corrected chi connectivity index (χ4v) is 2.19. The van der Waals surface area contributed by atoms with Gasteiger partial charge in [0.1, 0.15) is 0 Å². The van der Waals surface area contributed by atoms with E-state index < -0.39 is 32.1 Å². The monoisotopic (exact) mass is 306 g/mol. The Bertz CT molecular complexity index is 407. The normalized spacial score (nSPS) is 13.6. The predicted molar refractivity (Wildman–Crippen MR) is 51.6 cm³/mol. The third kappa shape index (κ3) is 5.89. The van der Waals surface area contributed by atoms with Crippen molar-refractivity contribution in [1.29, 1.82) is 0 Å². The highest BCUT2D eigenvalue weighted by molar-refractivity contribution is 7.98. The second-order valence-electron chi connectivity index (χ2n) is 2.52. The summed E-state index contributed by atoms with van der Waals surface area (Å²) in [6, 6.07) is 0. The highest BCUT2D eigenvalue weighted by Crippen LogP contribution is 2.26. The molecule has 6 nitrogen and oxygen atoms in total. The van der Waals surface area contributed by atoms with Gasteiger partial charge >= 0.3 is 26.0 Å². The summed E-state index contributed by atoms with van der Waals surface area (Å²) >= 11 is 0. The third-order valence-corrected chi connectivity index (χ3v) is 3.34. The van der Waals surface area contributed by atoms with Gasteiger partial charge in [0.25, 0.3) is 0 Å². The molecule has 0 unspecified atom stereocenters. The molecule has 0 aromatic carbocycles. The lowest BCUT2D eigenvalue weighted by molar-refractivity contribution is -0.0504. The van der Waals surface area contributed by atoms with Gasteiger partial charge in [0.15, 0.2) is 0 Å². The first-order valence-electron chi connectivity index (χ1n) is 3.33. The van der Waals surface area contributed by atoms with E-state index in [0.717, 1.165) is 0 Å². The van der Waals surface area contributed by atoms with Crippen LogP contribution in [0.15, 0.2) is 0 Å². The molecule has 0 aliphatic rings. The molecule has 0 N–H and O–H groups in total. The van der Waals surface area contributed by atoms with Crippen LogP contribution in [0.1, 0.15) is 13.8 Å². The van der Waals surface area contributed by atoms with E-state index in [1.54, 1.807) is 0 Å². The molecule has 0 aromatic rings. The van der Waals surface area contributed by atoms with Gasteiger partial charge in [-0.1, -0.05) is 0 Å². The van der Waals surface area contributed by atoms with E-state index in [9.17, 15) is 30.0 Å². The lowest BCUT2D eigenvalue weighted by Gasteiger charge is -2.09. The summed E-state index contributed by atoms with van der Waals surface area (Å²) in [7, 11) is -11.4. The summed E-state index contributed by atoms with van der Waals surface area (Å²) in [6.45, 7) is 2.34. The molecule has 0 spiro atoms. The van der Waals surface area contributed by atoms with Crippen molar-refractivity contribution in [3.05, 3.63) is 0 Å². The van der Waals surface area contributed by atoms with Crippen LogP contribution in [-0.2, 0) is 28.3 Å². The van der Waals surface area contributed by atoms with Crippen LogP contribution in [-0.4, -0.2) is 28.4 Å². The Morgan fingerprint density at radius 3 is 1.69 bits per heavy atom. The Labute approximate surface area is 97.6 Å². The molecule has 0 aliphatic carbocycles. The molecule has 0 heterocycles. The van der Waals surface area contributed by atoms with Gasteiger partial charge in [-0.15, -0.1) is 3.63 Å². The minimum absolute atomic E-state index is 0. The van der Waals surface area contributed by atoms with Gasteiger partial charge in [0.2, 0.25) is 0 Å². The topological polar surface area (TPSA) is 86.7 Å². The maximum Gasteiger partial charge on any atom is 0.524 e. The van der Waals surface area contributed by atoms with Crippen LogP contribution in [0.25, 0.3) is 0 Å². The SMILES string of the molecule is CC(C)OS(=O)(=O)OS(=O)(=O)C(F)(F)F.S. The molecule has 0 amide bonds. The summed E-state index contributed by atoms with van der Waals surface area (Å²) in [5.74, 6) is 0. The van der Waals surface area contributed by atoms with E-state index in [2.05, 4.69) is 7.81 Å². The van der Waals surface area contributed by atoms with Crippen LogP contribution in [0.4, 0.5) is 13.2 Å². The van der Waals surface area contributed by atoms with Crippen molar-refractivity contribution >= 4 is 34.0 Å². The molecule has 0 radical (unpaired) electrons. The van der Waals surface area contributed by atoms with Gasteiger partial charge in [-0.2, -0.15) is 43.5 Å². The van der Waals surface area contributed by atoms with E-state index in [1.165, 1.54) is 13.8 Å². The molecular formula is C4H9F3O6S3. The van der Waals surface area contributed by atoms with Crippen molar-refractivity contribution in [1.82, 2.24) is 0 Å². The van der Waals surface area contributed by atoms with Gasteiger partial charge in [-0.3, -0.25) is 0 Å². The van der Waals surface area contributed by atoms with Crippen molar-refractivity contribution in [2.75, 3.05) is 0 Å². The standard InChI is InChI=1S/C4H7F3O6S2.H2S/c1-3(2)12-15(10,11)13-14(8,9)4(5,6)7;/h3H,1-2H3;1H2. The zero-order chi connectivity index (χ0) is 12.5. The fraction of sp³-hybridized carbons (Fsp3) is 1.00. The second kappa shape index (κ2) is 5.53. The Morgan fingerprint density at radius 2 is 1.44 bits per heavy atom. The van der Waals surface area contributed by atoms with Gasteiger partial charge < -0.3 is 0 Å². The predicted octanol–water partition coefficient (Wildman–Crippen LogP) is 0.635. The highest BCUT2D eigenvalue weighted by Gasteiger charge is 2.50. The first kappa shape index (κ1) is 18.3. The number of hydrogen-bond donors (Lipinski definition) is 0. The molecule has 0 rings (SSSR count). The van der Waals surface area contributed by atoms with Gasteiger partial charge in [0.05, 0.1) is 6.10 Å². The van der Waals surface area contributed by atoms with Crippen molar-refractivity contribution in [3.63, 3.8) is 0 Å². The Morgan fingerprint density at radius 1 is 1.06 bits per heavy atom. The average Bonchev–Trinajstić information content (AvgIpc) is 1.75. The lowest BCUT2D eigenvalue weighted by Crippen LogP contribution is -2.29. The van der Waals surface area contributed by atoms with Crippen LogP contribution in [0.3, 0.4) is 0 Å².